The second kappa shape index (κ2) is 6.66. The molecule has 1 rings (SSSR count). The Labute approximate surface area is 123 Å². The van der Waals surface area contributed by atoms with E-state index in [2.05, 4.69) is 0 Å². The zero-order valence-corrected chi connectivity index (χ0v) is 13.4. The van der Waals surface area contributed by atoms with Crippen molar-refractivity contribution in [3.8, 4) is 0 Å². The average Bonchev–Trinajstić information content (AvgIpc) is 2.36. The molecule has 1 aliphatic rings. The Kier molecular flexibility index (Phi) is 5.69. The number of hydrogen-bond acceptors (Lipinski definition) is 5. The second-order valence-electron chi connectivity index (χ2n) is 4.95. The summed E-state index contributed by atoms with van der Waals surface area (Å²) in [7, 11) is -1.87. The van der Waals surface area contributed by atoms with Crippen molar-refractivity contribution in [1.29, 1.82) is 0 Å². The Balaban J connectivity index is 2.80. The number of amides is 2. The lowest BCUT2D eigenvalue weighted by Crippen LogP contribution is -2.54. The van der Waals surface area contributed by atoms with Gasteiger partial charge in [-0.05, 0) is 0 Å². The van der Waals surface area contributed by atoms with Gasteiger partial charge < -0.3 is 14.9 Å². The Hall–Kier alpha value is -0.960. The van der Waals surface area contributed by atoms with E-state index in [0.29, 0.717) is 18.1 Å². The highest BCUT2D eigenvalue weighted by molar-refractivity contribution is 8.00. The van der Waals surface area contributed by atoms with E-state index in [1.165, 1.54) is 35.5 Å². The molecule has 20 heavy (non-hydrogen) atoms. The third-order valence-corrected chi connectivity index (χ3v) is 5.76. The van der Waals surface area contributed by atoms with E-state index in [0.717, 1.165) is 6.26 Å². The van der Waals surface area contributed by atoms with Crippen molar-refractivity contribution in [1.82, 2.24) is 9.80 Å². The largest absolute Gasteiger partial charge is 0.481 e. The van der Waals surface area contributed by atoms with Crippen LogP contribution in [0, 0.1) is 5.92 Å². The molecule has 116 valence electrons. The van der Waals surface area contributed by atoms with Gasteiger partial charge >= 0.3 is 12.0 Å². The molecule has 0 radical (unpaired) electrons. The van der Waals surface area contributed by atoms with Crippen LogP contribution in [0.5, 0.6) is 0 Å². The van der Waals surface area contributed by atoms with Crippen molar-refractivity contribution in [2.45, 2.75) is 12.3 Å². The van der Waals surface area contributed by atoms with Crippen LogP contribution in [0.4, 0.5) is 4.79 Å². The van der Waals surface area contributed by atoms with Gasteiger partial charge in [0.2, 0.25) is 0 Å². The van der Waals surface area contributed by atoms with Gasteiger partial charge in [-0.15, -0.1) is 0 Å². The summed E-state index contributed by atoms with van der Waals surface area (Å²) in [5.74, 6) is -0.647. The lowest BCUT2D eigenvalue weighted by molar-refractivity contribution is -0.141. The number of carboxylic acids is 1. The molecule has 0 aromatic rings. The predicted molar refractivity (Wildman–Crippen MR) is 77.5 cm³/mol. The third kappa shape index (κ3) is 4.27. The van der Waals surface area contributed by atoms with Crippen LogP contribution in [-0.4, -0.2) is 78.6 Å². The Morgan fingerprint density at radius 3 is 2.60 bits per heavy atom. The van der Waals surface area contributed by atoms with E-state index >= 15 is 0 Å². The van der Waals surface area contributed by atoms with E-state index in [4.69, 9.17) is 5.11 Å². The average molecular weight is 324 g/mol. The van der Waals surface area contributed by atoms with Gasteiger partial charge in [-0.2, -0.15) is 11.8 Å². The summed E-state index contributed by atoms with van der Waals surface area (Å²) in [5, 5.41) is 8.02. The maximum atomic E-state index is 12.3. The van der Waals surface area contributed by atoms with Gasteiger partial charge in [-0.1, -0.05) is 6.92 Å². The first kappa shape index (κ1) is 17.1. The van der Waals surface area contributed by atoms with E-state index in [1.807, 2.05) is 0 Å². The molecule has 0 aromatic heterocycles. The highest BCUT2D eigenvalue weighted by Gasteiger charge is 2.35. The number of sulfone groups is 1. The second-order valence-corrected chi connectivity index (χ2v) is 8.31. The summed E-state index contributed by atoms with van der Waals surface area (Å²) in [6.07, 6.45) is 1.11. The van der Waals surface area contributed by atoms with Crippen molar-refractivity contribution in [3.05, 3.63) is 0 Å². The normalized spacial score (nSPS) is 21.4. The van der Waals surface area contributed by atoms with Crippen LogP contribution in [0.25, 0.3) is 0 Å². The maximum Gasteiger partial charge on any atom is 0.320 e. The Morgan fingerprint density at radius 1 is 1.50 bits per heavy atom. The zero-order chi connectivity index (χ0) is 15.5. The van der Waals surface area contributed by atoms with Crippen LogP contribution < -0.4 is 0 Å². The van der Waals surface area contributed by atoms with Crippen molar-refractivity contribution in [2.75, 3.05) is 37.9 Å². The van der Waals surface area contributed by atoms with Crippen LogP contribution in [0.3, 0.4) is 0 Å². The first-order valence-electron chi connectivity index (χ1n) is 6.15. The molecule has 2 atom stereocenters. The fraction of sp³-hybridized carbons (Fsp3) is 0.818. The number of aliphatic carboxylic acids is 1. The van der Waals surface area contributed by atoms with Gasteiger partial charge in [0.25, 0.3) is 0 Å². The smallest absolute Gasteiger partial charge is 0.320 e. The van der Waals surface area contributed by atoms with Crippen molar-refractivity contribution in [2.24, 2.45) is 5.92 Å². The molecule has 0 aliphatic carbocycles. The molecule has 1 heterocycles. The van der Waals surface area contributed by atoms with Crippen molar-refractivity contribution < 1.29 is 23.1 Å². The number of thioether (sulfide) groups is 1. The highest BCUT2D eigenvalue weighted by atomic mass is 32.2. The molecule has 1 N–H and O–H groups in total. The van der Waals surface area contributed by atoms with Crippen molar-refractivity contribution in [3.63, 3.8) is 0 Å². The highest BCUT2D eigenvalue weighted by Crippen LogP contribution is 2.21. The van der Waals surface area contributed by atoms with E-state index in [1.54, 1.807) is 0 Å². The lowest BCUT2D eigenvalue weighted by atomic mass is 10.2. The molecule has 2 unspecified atom stereocenters. The molecular formula is C11H20N2O5S2. The zero-order valence-electron chi connectivity index (χ0n) is 11.8. The molecule has 0 bridgehead atoms. The topological polar surface area (TPSA) is 95.0 Å². The minimum absolute atomic E-state index is 0.0499. The summed E-state index contributed by atoms with van der Waals surface area (Å²) < 4.78 is 23.5. The van der Waals surface area contributed by atoms with Gasteiger partial charge in [0.15, 0.2) is 9.84 Å². The first-order valence-corrected chi connectivity index (χ1v) is 9.26. The van der Waals surface area contributed by atoms with E-state index < -0.39 is 33.1 Å². The SMILES string of the molecule is CC(CN(C)C(=O)N1CCSCC1S(C)(=O)=O)C(=O)O. The van der Waals surface area contributed by atoms with Gasteiger partial charge in [-0.25, -0.2) is 13.2 Å². The molecule has 0 spiro atoms. The monoisotopic (exact) mass is 324 g/mol. The van der Waals surface area contributed by atoms with Gasteiger partial charge in [-0.3, -0.25) is 4.79 Å². The van der Waals surface area contributed by atoms with Crippen LogP contribution >= 0.6 is 11.8 Å². The number of rotatable bonds is 4. The van der Waals surface area contributed by atoms with Crippen LogP contribution in [-0.2, 0) is 14.6 Å². The maximum absolute atomic E-state index is 12.3. The molecule has 1 aliphatic heterocycles. The van der Waals surface area contributed by atoms with E-state index in [9.17, 15) is 18.0 Å². The van der Waals surface area contributed by atoms with E-state index in [-0.39, 0.29) is 6.54 Å². The predicted octanol–water partition coefficient (Wildman–Crippen LogP) is 0.178. The number of urea groups is 1. The molecule has 0 saturated carbocycles. The molecule has 1 fully saturated rings. The third-order valence-electron chi connectivity index (χ3n) is 3.12. The van der Waals surface area contributed by atoms with Crippen LogP contribution in [0.15, 0.2) is 0 Å². The minimum atomic E-state index is -3.36. The quantitative estimate of drug-likeness (QED) is 0.792. The fourth-order valence-electron chi connectivity index (χ4n) is 1.94. The van der Waals surface area contributed by atoms with Crippen molar-refractivity contribution >= 4 is 33.6 Å². The first-order chi connectivity index (χ1) is 9.14. The van der Waals surface area contributed by atoms with Gasteiger partial charge in [0, 0.05) is 37.9 Å². The summed E-state index contributed by atoms with van der Waals surface area (Å²) in [4.78, 5) is 25.7. The Bertz CT molecular complexity index is 479. The number of carboxylic acid groups (broad SMARTS) is 1. The van der Waals surface area contributed by atoms with Crippen LogP contribution in [0.2, 0.25) is 0 Å². The number of carbonyl (C=O) groups excluding carboxylic acids is 1. The molecular weight excluding hydrogens is 304 g/mol. The molecule has 0 aromatic carbocycles. The fourth-order valence-corrected chi connectivity index (χ4v) is 4.75. The minimum Gasteiger partial charge on any atom is -0.481 e. The van der Waals surface area contributed by atoms with Gasteiger partial charge in [0.05, 0.1) is 5.92 Å². The van der Waals surface area contributed by atoms with Crippen LogP contribution in [0.1, 0.15) is 6.92 Å². The summed E-state index contributed by atoms with van der Waals surface area (Å²) in [6, 6.07) is -0.436. The standard InChI is InChI=1S/C11H20N2O5S2/c1-8(10(14)15)6-12(2)11(16)13-4-5-19-7-9(13)20(3,17)18/h8-9H,4-7H2,1-3H3,(H,14,15). The number of nitrogens with zero attached hydrogens (tertiary/aromatic N) is 2. The summed E-state index contributed by atoms with van der Waals surface area (Å²) >= 11 is 1.50. The molecule has 7 nitrogen and oxygen atoms in total. The molecule has 1 saturated heterocycles. The molecule has 9 heteroatoms. The lowest BCUT2D eigenvalue weighted by Gasteiger charge is -2.36. The Morgan fingerprint density at radius 2 is 2.10 bits per heavy atom. The summed E-state index contributed by atoms with van der Waals surface area (Å²) in [5.41, 5.74) is 0. The number of carbonyl (C=O) groups is 2. The van der Waals surface area contributed by atoms with Gasteiger partial charge in [0.1, 0.15) is 5.37 Å². The molecule has 2 amide bonds. The number of hydrogen-bond donors (Lipinski definition) is 1. The summed E-state index contributed by atoms with van der Waals surface area (Å²) in [6.45, 7) is 1.91.